The van der Waals surface area contributed by atoms with Crippen LogP contribution in [0.4, 0.5) is 10.5 Å². The topological polar surface area (TPSA) is 69.6 Å². The van der Waals surface area contributed by atoms with E-state index in [4.69, 9.17) is 16.7 Å². The van der Waals surface area contributed by atoms with Crippen molar-refractivity contribution in [3.05, 3.63) is 27.7 Å². The van der Waals surface area contributed by atoms with Crippen molar-refractivity contribution in [3.8, 4) is 0 Å². The van der Waals surface area contributed by atoms with Gasteiger partial charge in [-0.05, 0) is 40.9 Å². The van der Waals surface area contributed by atoms with E-state index in [1.165, 1.54) is 4.90 Å². The molecule has 1 atom stereocenters. The van der Waals surface area contributed by atoms with E-state index in [-0.39, 0.29) is 12.6 Å². The van der Waals surface area contributed by atoms with E-state index in [0.717, 1.165) is 0 Å². The van der Waals surface area contributed by atoms with Crippen LogP contribution in [0, 0.1) is 5.92 Å². The van der Waals surface area contributed by atoms with Gasteiger partial charge in [-0.3, -0.25) is 4.79 Å². The lowest BCUT2D eigenvalue weighted by atomic mass is 9.99. The van der Waals surface area contributed by atoms with Crippen LogP contribution in [0.2, 0.25) is 5.02 Å². The van der Waals surface area contributed by atoms with Crippen LogP contribution in [0.3, 0.4) is 0 Å². The maximum absolute atomic E-state index is 12.2. The van der Waals surface area contributed by atoms with Gasteiger partial charge in [0.25, 0.3) is 0 Å². The molecule has 0 spiro atoms. The largest absolute Gasteiger partial charge is 0.481 e. The third-order valence-electron chi connectivity index (χ3n) is 3.25. The second-order valence-corrected chi connectivity index (χ2v) is 5.86. The molecule has 2 rings (SSSR count). The molecule has 0 bridgehead atoms. The van der Waals surface area contributed by atoms with Crippen LogP contribution in [-0.4, -0.2) is 35.1 Å². The lowest BCUT2D eigenvalue weighted by molar-refractivity contribution is -0.143. The zero-order valence-electron chi connectivity index (χ0n) is 10.6. The number of rotatable bonds is 2. The van der Waals surface area contributed by atoms with Gasteiger partial charge in [0, 0.05) is 13.1 Å². The van der Waals surface area contributed by atoms with Gasteiger partial charge < -0.3 is 15.3 Å². The van der Waals surface area contributed by atoms with Crippen LogP contribution >= 0.6 is 27.5 Å². The molecule has 7 heteroatoms. The van der Waals surface area contributed by atoms with Gasteiger partial charge in [0.15, 0.2) is 0 Å². The number of carboxylic acids is 1. The first-order valence-electron chi connectivity index (χ1n) is 6.22. The predicted octanol–water partition coefficient (Wildman–Crippen LogP) is 3.43. The highest BCUT2D eigenvalue weighted by Gasteiger charge is 2.28. The normalized spacial score (nSPS) is 18.7. The summed E-state index contributed by atoms with van der Waals surface area (Å²) in [6, 6.07) is 4.87. The average Bonchev–Trinajstić information content (AvgIpc) is 2.44. The van der Waals surface area contributed by atoms with Crippen molar-refractivity contribution in [1.82, 2.24) is 4.90 Å². The summed E-state index contributed by atoms with van der Waals surface area (Å²) in [6.45, 7) is 0.799. The van der Waals surface area contributed by atoms with E-state index in [1.807, 2.05) is 0 Å². The molecule has 1 aliphatic heterocycles. The van der Waals surface area contributed by atoms with Gasteiger partial charge in [0.1, 0.15) is 0 Å². The van der Waals surface area contributed by atoms with Crippen molar-refractivity contribution in [2.24, 2.45) is 5.92 Å². The summed E-state index contributed by atoms with van der Waals surface area (Å²) in [5.74, 6) is -1.34. The fraction of sp³-hybridized carbons (Fsp3) is 0.385. The summed E-state index contributed by atoms with van der Waals surface area (Å²) >= 11 is 9.27. The van der Waals surface area contributed by atoms with Gasteiger partial charge in [0.05, 0.1) is 21.1 Å². The number of aliphatic carboxylic acids is 1. The Labute approximate surface area is 130 Å². The second-order valence-electron chi connectivity index (χ2n) is 4.65. The summed E-state index contributed by atoms with van der Waals surface area (Å²) in [4.78, 5) is 24.7. The third kappa shape index (κ3) is 3.43. The number of anilines is 1. The van der Waals surface area contributed by atoms with Crippen LogP contribution in [0.25, 0.3) is 0 Å². The van der Waals surface area contributed by atoms with Crippen molar-refractivity contribution < 1.29 is 14.7 Å². The number of benzene rings is 1. The Morgan fingerprint density at radius 3 is 2.90 bits per heavy atom. The molecular weight excluding hydrogens is 348 g/mol. The molecule has 0 unspecified atom stereocenters. The molecule has 1 saturated heterocycles. The van der Waals surface area contributed by atoms with Gasteiger partial charge in [-0.2, -0.15) is 0 Å². The highest BCUT2D eigenvalue weighted by molar-refractivity contribution is 9.10. The van der Waals surface area contributed by atoms with Crippen molar-refractivity contribution in [3.63, 3.8) is 0 Å². The smallest absolute Gasteiger partial charge is 0.321 e. The summed E-state index contributed by atoms with van der Waals surface area (Å²) in [5, 5.41) is 12.3. The standard InChI is InChI=1S/C13H14BrClN2O3/c14-11-9(15)4-1-5-10(11)16-13(20)17-6-2-3-8(7-17)12(18)19/h1,4-5,8H,2-3,6-7H2,(H,16,20)(H,18,19)/t8-/m0/s1. The minimum absolute atomic E-state index is 0.235. The first-order valence-corrected chi connectivity index (χ1v) is 7.39. The molecule has 1 fully saturated rings. The molecule has 1 aliphatic rings. The Kier molecular flexibility index (Phi) is 4.88. The minimum atomic E-state index is -0.855. The highest BCUT2D eigenvalue weighted by atomic mass is 79.9. The third-order valence-corrected chi connectivity index (χ3v) is 4.65. The second kappa shape index (κ2) is 6.45. The Morgan fingerprint density at radius 2 is 2.20 bits per heavy atom. The molecule has 0 aromatic heterocycles. The van der Waals surface area contributed by atoms with E-state index in [2.05, 4.69) is 21.2 Å². The fourth-order valence-electron chi connectivity index (χ4n) is 2.16. The van der Waals surface area contributed by atoms with Crippen molar-refractivity contribution >= 4 is 45.2 Å². The Bertz CT molecular complexity index is 538. The number of nitrogens with zero attached hydrogens (tertiary/aromatic N) is 1. The number of carboxylic acid groups (broad SMARTS) is 1. The number of urea groups is 1. The van der Waals surface area contributed by atoms with Crippen molar-refractivity contribution in [2.75, 3.05) is 18.4 Å². The van der Waals surface area contributed by atoms with Crippen LogP contribution in [0.15, 0.2) is 22.7 Å². The maximum Gasteiger partial charge on any atom is 0.321 e. The molecule has 0 aliphatic carbocycles. The van der Waals surface area contributed by atoms with Gasteiger partial charge in [-0.1, -0.05) is 17.7 Å². The molecule has 0 saturated carbocycles. The number of halogens is 2. The number of likely N-dealkylation sites (tertiary alicyclic amines) is 1. The minimum Gasteiger partial charge on any atom is -0.481 e. The maximum atomic E-state index is 12.2. The van der Waals surface area contributed by atoms with Crippen LogP contribution in [0.5, 0.6) is 0 Å². The van der Waals surface area contributed by atoms with Gasteiger partial charge in [0.2, 0.25) is 0 Å². The lowest BCUT2D eigenvalue weighted by Crippen LogP contribution is -2.44. The van der Waals surface area contributed by atoms with Crippen LogP contribution < -0.4 is 5.32 Å². The number of carbonyl (C=O) groups excluding carboxylic acids is 1. The van der Waals surface area contributed by atoms with E-state index < -0.39 is 11.9 Å². The van der Waals surface area contributed by atoms with Crippen LogP contribution in [0.1, 0.15) is 12.8 Å². The predicted molar refractivity (Wildman–Crippen MR) is 80.1 cm³/mol. The Morgan fingerprint density at radius 1 is 1.45 bits per heavy atom. The zero-order chi connectivity index (χ0) is 14.7. The molecule has 1 aromatic rings. The number of hydrogen-bond donors (Lipinski definition) is 2. The summed E-state index contributed by atoms with van der Waals surface area (Å²) < 4.78 is 0.613. The number of piperidine rings is 1. The van der Waals surface area contributed by atoms with Gasteiger partial charge in [-0.25, -0.2) is 4.79 Å². The molecule has 2 N–H and O–H groups in total. The molecule has 5 nitrogen and oxygen atoms in total. The van der Waals surface area contributed by atoms with E-state index >= 15 is 0 Å². The first kappa shape index (κ1) is 15.1. The van der Waals surface area contributed by atoms with E-state index in [1.54, 1.807) is 18.2 Å². The number of carbonyl (C=O) groups is 2. The molecule has 108 valence electrons. The average molecular weight is 362 g/mol. The van der Waals surface area contributed by atoms with Gasteiger partial charge in [-0.15, -0.1) is 0 Å². The highest BCUT2D eigenvalue weighted by Crippen LogP contribution is 2.30. The van der Waals surface area contributed by atoms with Crippen LogP contribution in [-0.2, 0) is 4.79 Å². The number of amides is 2. The SMILES string of the molecule is O=C(O)[C@H]1CCCN(C(=O)Nc2cccc(Cl)c2Br)C1. The zero-order valence-corrected chi connectivity index (χ0v) is 12.9. The fourth-order valence-corrected chi connectivity index (χ4v) is 2.70. The van der Waals surface area contributed by atoms with Crippen molar-refractivity contribution in [2.45, 2.75) is 12.8 Å². The number of nitrogens with one attached hydrogen (secondary N) is 1. The monoisotopic (exact) mass is 360 g/mol. The quantitative estimate of drug-likeness (QED) is 0.848. The molecule has 20 heavy (non-hydrogen) atoms. The summed E-state index contributed by atoms with van der Waals surface area (Å²) in [7, 11) is 0. The number of hydrogen-bond acceptors (Lipinski definition) is 2. The summed E-state index contributed by atoms with van der Waals surface area (Å²) in [6.07, 6.45) is 1.31. The lowest BCUT2D eigenvalue weighted by Gasteiger charge is -2.30. The first-order chi connectivity index (χ1) is 9.49. The molecule has 1 heterocycles. The summed E-state index contributed by atoms with van der Waals surface area (Å²) in [5.41, 5.74) is 0.569. The van der Waals surface area contributed by atoms with E-state index in [0.29, 0.717) is 34.6 Å². The molecule has 2 amide bonds. The molecule has 1 aromatic carbocycles. The van der Waals surface area contributed by atoms with Crippen molar-refractivity contribution in [1.29, 1.82) is 0 Å². The molecular formula is C13H14BrClN2O3. The Balaban J connectivity index is 2.04. The van der Waals surface area contributed by atoms with Gasteiger partial charge >= 0.3 is 12.0 Å². The Hall–Kier alpha value is -1.27. The molecule has 0 radical (unpaired) electrons. The van der Waals surface area contributed by atoms with E-state index in [9.17, 15) is 9.59 Å².